The van der Waals surface area contributed by atoms with Crippen LogP contribution in [0.3, 0.4) is 0 Å². The molecule has 1 atom stereocenters. The highest BCUT2D eigenvalue weighted by molar-refractivity contribution is 8.21. The van der Waals surface area contributed by atoms with Crippen LogP contribution in [0.15, 0.2) is 24.3 Å². The summed E-state index contributed by atoms with van der Waals surface area (Å²) < 4.78 is 0.348. The smallest absolute Gasteiger partial charge is 0.0858 e. The van der Waals surface area contributed by atoms with Gasteiger partial charge in [0, 0.05) is 16.8 Å². The Bertz CT molecular complexity index is 239. The Hall–Kier alpha value is 0.530. The Kier molecular flexibility index (Phi) is 3.06. The van der Waals surface area contributed by atoms with Gasteiger partial charge in [-0.2, -0.15) is 12.6 Å². The Labute approximate surface area is 94.0 Å². The van der Waals surface area contributed by atoms with Crippen LogP contribution in [0.25, 0.3) is 0 Å². The molecule has 0 N–H and O–H groups in total. The van der Waals surface area contributed by atoms with Crippen LogP contribution in [-0.2, 0) is 0 Å². The molecule has 2 rings (SSSR count). The van der Waals surface area contributed by atoms with Crippen LogP contribution in [0.4, 0.5) is 0 Å². The Balaban J connectivity index is 2.27. The summed E-state index contributed by atoms with van der Waals surface area (Å²) in [6.07, 6.45) is 6.77. The third kappa shape index (κ3) is 1.83. The second-order valence-electron chi connectivity index (χ2n) is 3.38. The average Bonchev–Trinajstić information content (AvgIpc) is 2.59. The lowest BCUT2D eigenvalue weighted by atomic mass is 9.98. The molecule has 1 aliphatic heterocycles. The lowest BCUT2D eigenvalue weighted by Gasteiger charge is -2.33. The molecule has 13 heavy (non-hydrogen) atoms. The largest absolute Gasteiger partial charge is 0.172 e. The summed E-state index contributed by atoms with van der Waals surface area (Å²) in [6, 6.07) is 0. The number of hydrogen-bond donors (Lipinski definition) is 1. The Morgan fingerprint density at radius 1 is 1.54 bits per heavy atom. The van der Waals surface area contributed by atoms with E-state index in [-0.39, 0.29) is 0 Å². The third-order valence-electron chi connectivity index (χ3n) is 2.55. The van der Waals surface area contributed by atoms with E-state index in [2.05, 4.69) is 48.8 Å². The topological polar surface area (TPSA) is 0 Å². The predicted octanol–water partition coefficient (Wildman–Crippen LogP) is 3.37. The molecule has 2 aliphatic rings. The molecule has 1 heterocycles. The summed E-state index contributed by atoms with van der Waals surface area (Å²) in [4.78, 5) is 0. The lowest BCUT2D eigenvalue weighted by molar-refractivity contribution is 0.710. The molecule has 0 amide bonds. The fourth-order valence-electron chi connectivity index (χ4n) is 1.89. The zero-order valence-corrected chi connectivity index (χ0v) is 10.1. The van der Waals surface area contributed by atoms with E-state index in [9.17, 15) is 0 Å². The van der Waals surface area contributed by atoms with Gasteiger partial charge in [-0.05, 0) is 18.4 Å². The number of hydrogen-bond acceptors (Lipinski definition) is 3. The molecule has 1 aliphatic carbocycles. The van der Waals surface area contributed by atoms with E-state index >= 15 is 0 Å². The molecule has 0 aromatic rings. The first kappa shape index (κ1) is 10.1. The third-order valence-corrected chi connectivity index (χ3v) is 6.56. The normalized spacial score (nSPS) is 31.8. The lowest BCUT2D eigenvalue weighted by Crippen LogP contribution is -2.25. The minimum Gasteiger partial charge on any atom is -0.172 e. The van der Waals surface area contributed by atoms with Crippen LogP contribution >= 0.6 is 36.2 Å². The van der Waals surface area contributed by atoms with E-state index in [1.54, 1.807) is 0 Å². The molecule has 3 heteroatoms. The molecular weight excluding hydrogens is 216 g/mol. The molecule has 1 unspecified atom stereocenters. The maximum Gasteiger partial charge on any atom is 0.0858 e. The number of thiol groups is 1. The van der Waals surface area contributed by atoms with Gasteiger partial charge in [-0.15, -0.1) is 23.5 Å². The van der Waals surface area contributed by atoms with Crippen molar-refractivity contribution in [2.45, 2.75) is 22.2 Å². The Morgan fingerprint density at radius 3 is 2.85 bits per heavy atom. The summed E-state index contributed by atoms with van der Waals surface area (Å²) in [5.74, 6) is 2.57. The zero-order chi connectivity index (χ0) is 9.31. The van der Waals surface area contributed by atoms with Crippen molar-refractivity contribution in [1.82, 2.24) is 0 Å². The monoisotopic (exact) mass is 230 g/mol. The predicted molar refractivity (Wildman–Crippen MR) is 67.9 cm³/mol. The second kappa shape index (κ2) is 3.95. The maximum absolute atomic E-state index is 4.51. The standard InChI is InChI=1S/C10H14S3/c1-2-8-7-9(11)3-4-10(8)12-5-6-13-10/h2,7,9,11H,1,3-6H2. The van der Waals surface area contributed by atoms with E-state index < -0.39 is 0 Å². The first-order valence-corrected chi connectivity index (χ1v) is 7.06. The van der Waals surface area contributed by atoms with Crippen molar-refractivity contribution in [3.05, 3.63) is 24.3 Å². The molecule has 0 radical (unpaired) electrons. The van der Waals surface area contributed by atoms with Crippen molar-refractivity contribution < 1.29 is 0 Å². The van der Waals surface area contributed by atoms with Crippen LogP contribution in [0.2, 0.25) is 0 Å². The van der Waals surface area contributed by atoms with Gasteiger partial charge in [-0.25, -0.2) is 0 Å². The van der Waals surface area contributed by atoms with Crippen LogP contribution in [0.5, 0.6) is 0 Å². The highest BCUT2D eigenvalue weighted by Crippen LogP contribution is 2.54. The molecule has 0 saturated carbocycles. The van der Waals surface area contributed by atoms with Crippen molar-refractivity contribution in [3.8, 4) is 0 Å². The van der Waals surface area contributed by atoms with Gasteiger partial charge in [0.15, 0.2) is 0 Å². The van der Waals surface area contributed by atoms with Crippen molar-refractivity contribution in [3.63, 3.8) is 0 Å². The van der Waals surface area contributed by atoms with Gasteiger partial charge in [-0.3, -0.25) is 0 Å². The molecule has 0 aromatic carbocycles. The number of allylic oxidation sites excluding steroid dienone is 1. The quantitative estimate of drug-likeness (QED) is 0.686. The SMILES string of the molecule is C=CC1=CC(S)CCC12SCCS2. The molecule has 1 fully saturated rings. The molecule has 1 spiro atoms. The fraction of sp³-hybridized carbons (Fsp3) is 0.600. The number of thioether (sulfide) groups is 2. The van der Waals surface area contributed by atoms with Crippen molar-refractivity contribution in [2.75, 3.05) is 11.5 Å². The van der Waals surface area contributed by atoms with Crippen molar-refractivity contribution in [2.24, 2.45) is 0 Å². The highest BCUT2D eigenvalue weighted by atomic mass is 32.2. The molecule has 0 bridgehead atoms. The minimum atomic E-state index is 0.348. The zero-order valence-electron chi connectivity index (χ0n) is 7.53. The van der Waals surface area contributed by atoms with Crippen LogP contribution in [-0.4, -0.2) is 20.8 Å². The van der Waals surface area contributed by atoms with E-state index in [1.165, 1.54) is 29.9 Å². The fourth-order valence-corrected chi connectivity index (χ4v) is 5.50. The van der Waals surface area contributed by atoms with Gasteiger partial charge in [0.2, 0.25) is 0 Å². The minimum absolute atomic E-state index is 0.348. The Morgan fingerprint density at radius 2 is 2.23 bits per heavy atom. The van der Waals surface area contributed by atoms with Crippen LogP contribution in [0.1, 0.15) is 12.8 Å². The molecule has 0 nitrogen and oxygen atoms in total. The van der Waals surface area contributed by atoms with Gasteiger partial charge >= 0.3 is 0 Å². The summed E-state index contributed by atoms with van der Waals surface area (Å²) in [6.45, 7) is 3.91. The van der Waals surface area contributed by atoms with Gasteiger partial charge < -0.3 is 0 Å². The second-order valence-corrected chi connectivity index (χ2v) is 7.09. The molecular formula is C10H14S3. The van der Waals surface area contributed by atoms with Gasteiger partial charge in [-0.1, -0.05) is 18.7 Å². The highest BCUT2D eigenvalue weighted by Gasteiger charge is 2.40. The van der Waals surface area contributed by atoms with Gasteiger partial charge in [0.25, 0.3) is 0 Å². The first-order valence-electron chi connectivity index (χ1n) is 4.57. The molecule has 1 saturated heterocycles. The summed E-state index contributed by atoms with van der Waals surface area (Å²) in [5, 5.41) is 0.445. The summed E-state index contributed by atoms with van der Waals surface area (Å²) in [7, 11) is 0. The molecule has 0 aromatic heterocycles. The number of rotatable bonds is 1. The van der Waals surface area contributed by atoms with Gasteiger partial charge in [0.1, 0.15) is 0 Å². The average molecular weight is 230 g/mol. The van der Waals surface area contributed by atoms with E-state index in [0.717, 1.165) is 0 Å². The van der Waals surface area contributed by atoms with Crippen molar-refractivity contribution >= 4 is 36.2 Å². The van der Waals surface area contributed by atoms with Crippen LogP contribution in [0, 0.1) is 0 Å². The van der Waals surface area contributed by atoms with E-state index in [0.29, 0.717) is 9.33 Å². The van der Waals surface area contributed by atoms with Crippen LogP contribution < -0.4 is 0 Å². The van der Waals surface area contributed by atoms with E-state index in [4.69, 9.17) is 0 Å². The molecule has 72 valence electrons. The summed E-state index contributed by atoms with van der Waals surface area (Å²) in [5.41, 5.74) is 1.41. The maximum atomic E-state index is 4.51. The van der Waals surface area contributed by atoms with Crippen molar-refractivity contribution in [1.29, 1.82) is 0 Å². The van der Waals surface area contributed by atoms with Gasteiger partial charge in [0.05, 0.1) is 4.08 Å². The van der Waals surface area contributed by atoms with E-state index in [1.807, 2.05) is 6.08 Å². The summed E-state index contributed by atoms with van der Waals surface area (Å²) >= 11 is 8.69. The first-order chi connectivity index (χ1) is 6.27.